The number of amides is 1. The molecule has 6 heteroatoms. The molecule has 0 spiro atoms. The van der Waals surface area contributed by atoms with E-state index in [4.69, 9.17) is 9.47 Å². The van der Waals surface area contributed by atoms with Gasteiger partial charge in [-0.25, -0.2) is 0 Å². The van der Waals surface area contributed by atoms with Crippen molar-refractivity contribution in [1.29, 1.82) is 0 Å². The summed E-state index contributed by atoms with van der Waals surface area (Å²) in [6.45, 7) is 1.92. The Balaban J connectivity index is 1.96. The zero-order chi connectivity index (χ0) is 22.8. The first kappa shape index (κ1) is 21.2. The third-order valence-electron chi connectivity index (χ3n) is 5.50. The van der Waals surface area contributed by atoms with Gasteiger partial charge < -0.3 is 14.6 Å². The normalized spacial score (nSPS) is 17.5. The monoisotopic (exact) mass is 429 g/mol. The Morgan fingerprint density at radius 1 is 0.906 bits per heavy atom. The number of hydrogen-bond acceptors (Lipinski definition) is 5. The Morgan fingerprint density at radius 2 is 1.66 bits per heavy atom. The molecule has 1 amide bonds. The van der Waals surface area contributed by atoms with Crippen molar-refractivity contribution in [2.24, 2.45) is 0 Å². The summed E-state index contributed by atoms with van der Waals surface area (Å²) in [5.74, 6) is -0.880. The number of Topliss-reactive ketones (excluding diaryl/α,β-unsaturated/α-hetero) is 1. The van der Waals surface area contributed by atoms with Gasteiger partial charge in [0, 0.05) is 11.8 Å². The van der Waals surface area contributed by atoms with Crippen molar-refractivity contribution in [2.75, 3.05) is 19.1 Å². The molecule has 1 unspecified atom stereocenters. The fourth-order valence-corrected chi connectivity index (χ4v) is 3.97. The van der Waals surface area contributed by atoms with Crippen molar-refractivity contribution in [2.45, 2.75) is 13.0 Å². The van der Waals surface area contributed by atoms with Crippen molar-refractivity contribution >= 4 is 23.1 Å². The van der Waals surface area contributed by atoms with Gasteiger partial charge in [-0.05, 0) is 42.3 Å². The van der Waals surface area contributed by atoms with Gasteiger partial charge in [0.25, 0.3) is 11.7 Å². The maximum Gasteiger partial charge on any atom is 0.300 e. The molecule has 0 radical (unpaired) electrons. The van der Waals surface area contributed by atoms with Crippen molar-refractivity contribution in [3.8, 4) is 11.5 Å². The largest absolute Gasteiger partial charge is 0.507 e. The van der Waals surface area contributed by atoms with Crippen LogP contribution in [0, 0.1) is 6.92 Å². The number of aryl methyl sites for hydroxylation is 1. The topological polar surface area (TPSA) is 76.1 Å². The Labute approximate surface area is 186 Å². The molecule has 3 aromatic rings. The van der Waals surface area contributed by atoms with E-state index in [-0.39, 0.29) is 11.3 Å². The number of hydrogen-bond donors (Lipinski definition) is 1. The minimum atomic E-state index is -0.787. The molecule has 0 aliphatic carbocycles. The number of ether oxygens (including phenoxy) is 2. The van der Waals surface area contributed by atoms with E-state index in [9.17, 15) is 14.7 Å². The molecule has 0 aromatic heterocycles. The average Bonchev–Trinajstić information content (AvgIpc) is 3.09. The number of benzene rings is 3. The van der Waals surface area contributed by atoms with E-state index in [0.29, 0.717) is 28.3 Å². The summed E-state index contributed by atoms with van der Waals surface area (Å²) in [6.07, 6.45) is 0. The van der Waals surface area contributed by atoms with Gasteiger partial charge in [0.2, 0.25) is 0 Å². The highest BCUT2D eigenvalue weighted by atomic mass is 16.5. The van der Waals surface area contributed by atoms with Gasteiger partial charge in [0.15, 0.2) is 0 Å². The molecule has 0 bridgehead atoms. The fraction of sp³-hybridized carbons (Fsp3) is 0.154. The number of ketones is 1. The lowest BCUT2D eigenvalue weighted by Gasteiger charge is -2.25. The van der Waals surface area contributed by atoms with Crippen LogP contribution in [0.25, 0.3) is 5.76 Å². The molecular formula is C26H23NO5. The molecule has 1 atom stereocenters. The summed E-state index contributed by atoms with van der Waals surface area (Å²) < 4.78 is 10.6. The van der Waals surface area contributed by atoms with E-state index in [1.54, 1.807) is 24.3 Å². The van der Waals surface area contributed by atoms with Crippen LogP contribution in [0.5, 0.6) is 11.5 Å². The van der Waals surface area contributed by atoms with Gasteiger partial charge in [0.05, 0.1) is 31.4 Å². The summed E-state index contributed by atoms with van der Waals surface area (Å²) in [7, 11) is 2.99. The van der Waals surface area contributed by atoms with Crippen molar-refractivity contribution in [3.05, 3.63) is 95.1 Å². The maximum atomic E-state index is 13.2. The molecule has 1 fully saturated rings. The molecule has 32 heavy (non-hydrogen) atoms. The van der Waals surface area contributed by atoms with E-state index in [0.717, 1.165) is 5.56 Å². The Kier molecular flexibility index (Phi) is 5.69. The molecule has 0 saturated carbocycles. The summed E-state index contributed by atoms with van der Waals surface area (Å²) in [6, 6.07) is 20.6. The maximum absolute atomic E-state index is 13.2. The van der Waals surface area contributed by atoms with Gasteiger partial charge in [0.1, 0.15) is 17.3 Å². The highest BCUT2D eigenvalue weighted by molar-refractivity contribution is 6.51. The molecule has 6 nitrogen and oxygen atoms in total. The minimum absolute atomic E-state index is 0.00572. The number of methoxy groups -OCH3 is 2. The van der Waals surface area contributed by atoms with Crippen LogP contribution in [0.2, 0.25) is 0 Å². The predicted molar refractivity (Wildman–Crippen MR) is 122 cm³/mol. The third-order valence-corrected chi connectivity index (χ3v) is 5.50. The molecular weight excluding hydrogens is 406 g/mol. The fourth-order valence-electron chi connectivity index (χ4n) is 3.97. The van der Waals surface area contributed by atoms with E-state index >= 15 is 0 Å². The Morgan fingerprint density at radius 3 is 2.31 bits per heavy atom. The summed E-state index contributed by atoms with van der Waals surface area (Å²) in [5, 5.41) is 11.3. The second-order valence-corrected chi connectivity index (χ2v) is 7.48. The van der Waals surface area contributed by atoms with Crippen LogP contribution >= 0.6 is 0 Å². The number of aliphatic hydroxyl groups excluding tert-OH is 1. The number of rotatable bonds is 5. The summed E-state index contributed by atoms with van der Waals surface area (Å²) in [5.41, 5.74) is 2.56. The van der Waals surface area contributed by atoms with Gasteiger partial charge >= 0.3 is 0 Å². The number of anilines is 1. The summed E-state index contributed by atoms with van der Waals surface area (Å²) in [4.78, 5) is 27.8. The van der Waals surface area contributed by atoms with Crippen LogP contribution in [0.4, 0.5) is 5.69 Å². The van der Waals surface area contributed by atoms with E-state index in [1.165, 1.54) is 19.1 Å². The van der Waals surface area contributed by atoms with Gasteiger partial charge in [-0.3, -0.25) is 14.5 Å². The van der Waals surface area contributed by atoms with Gasteiger partial charge in [-0.15, -0.1) is 0 Å². The smallest absolute Gasteiger partial charge is 0.300 e. The minimum Gasteiger partial charge on any atom is -0.507 e. The lowest BCUT2D eigenvalue weighted by atomic mass is 9.94. The van der Waals surface area contributed by atoms with Crippen LogP contribution in [0.15, 0.2) is 78.4 Å². The molecule has 3 aromatic carbocycles. The first-order valence-electron chi connectivity index (χ1n) is 10.1. The van der Waals surface area contributed by atoms with E-state index in [1.807, 2.05) is 55.5 Å². The lowest BCUT2D eigenvalue weighted by Crippen LogP contribution is -2.29. The standard InChI is InChI=1S/C26H23NO5/c1-16-8-7-11-18(14-16)27-23(17-9-5-4-6-10-17)22(25(29)26(27)30)24(28)20-13-12-19(31-2)15-21(20)32-3/h4-15,23,28H,1-3H3/b24-22-. The zero-order valence-corrected chi connectivity index (χ0v) is 18.0. The second kappa shape index (κ2) is 8.59. The number of nitrogens with zero attached hydrogens (tertiary/aromatic N) is 1. The molecule has 1 saturated heterocycles. The van der Waals surface area contributed by atoms with Crippen molar-refractivity contribution in [1.82, 2.24) is 0 Å². The third kappa shape index (κ3) is 3.60. The summed E-state index contributed by atoms with van der Waals surface area (Å²) >= 11 is 0. The Hall–Kier alpha value is -4.06. The molecule has 1 aliphatic rings. The van der Waals surface area contributed by atoms with Crippen molar-refractivity contribution < 1.29 is 24.2 Å². The molecule has 162 valence electrons. The lowest BCUT2D eigenvalue weighted by molar-refractivity contribution is -0.132. The van der Waals surface area contributed by atoms with Crippen LogP contribution in [0.3, 0.4) is 0 Å². The van der Waals surface area contributed by atoms with Crippen LogP contribution in [0.1, 0.15) is 22.7 Å². The van der Waals surface area contributed by atoms with Crippen LogP contribution in [-0.4, -0.2) is 31.0 Å². The first-order chi connectivity index (χ1) is 15.5. The number of aliphatic hydroxyl groups is 1. The number of carbonyl (C=O) groups excluding carboxylic acids is 2. The van der Waals surface area contributed by atoms with Crippen LogP contribution in [-0.2, 0) is 9.59 Å². The second-order valence-electron chi connectivity index (χ2n) is 7.48. The quantitative estimate of drug-likeness (QED) is 0.363. The first-order valence-corrected chi connectivity index (χ1v) is 10.1. The van der Waals surface area contributed by atoms with Crippen molar-refractivity contribution in [3.63, 3.8) is 0 Å². The molecule has 1 N–H and O–H groups in total. The van der Waals surface area contributed by atoms with Gasteiger partial charge in [-0.1, -0.05) is 42.5 Å². The average molecular weight is 429 g/mol. The van der Waals surface area contributed by atoms with E-state index in [2.05, 4.69) is 0 Å². The SMILES string of the molecule is COc1ccc(/C(O)=C2/C(=O)C(=O)N(c3cccc(C)c3)C2c2ccccc2)c(OC)c1. The highest BCUT2D eigenvalue weighted by Crippen LogP contribution is 2.43. The molecule has 1 heterocycles. The highest BCUT2D eigenvalue weighted by Gasteiger charge is 2.47. The Bertz CT molecular complexity index is 1220. The predicted octanol–water partition coefficient (Wildman–Crippen LogP) is 4.64. The van der Waals surface area contributed by atoms with Gasteiger partial charge in [-0.2, -0.15) is 0 Å². The molecule has 1 aliphatic heterocycles. The number of carbonyl (C=O) groups is 2. The van der Waals surface area contributed by atoms with E-state index < -0.39 is 17.7 Å². The molecule has 4 rings (SSSR count). The van der Waals surface area contributed by atoms with Crippen LogP contribution < -0.4 is 14.4 Å². The zero-order valence-electron chi connectivity index (χ0n) is 18.0.